The molecule has 0 aromatic heterocycles. The minimum absolute atomic E-state index is 0.204. The van der Waals surface area contributed by atoms with Crippen LogP contribution in [0.2, 0.25) is 0 Å². The van der Waals surface area contributed by atoms with E-state index in [-0.39, 0.29) is 12.5 Å². The Morgan fingerprint density at radius 2 is 1.95 bits per heavy atom. The van der Waals surface area contributed by atoms with E-state index < -0.39 is 12.0 Å². The van der Waals surface area contributed by atoms with Crippen LogP contribution >= 0.6 is 0 Å². The minimum Gasteiger partial charge on any atom is -0.480 e. The highest BCUT2D eigenvalue weighted by Crippen LogP contribution is 2.20. The van der Waals surface area contributed by atoms with Gasteiger partial charge in [-0.05, 0) is 18.6 Å². The zero-order valence-corrected chi connectivity index (χ0v) is 11.1. The third kappa shape index (κ3) is 4.06. The molecule has 0 aliphatic heterocycles. The van der Waals surface area contributed by atoms with E-state index >= 15 is 0 Å². The number of nitrogens with two attached hydrogens (primary N) is 1. The summed E-state index contributed by atoms with van der Waals surface area (Å²) in [6.07, 6.45) is 2.05. The van der Waals surface area contributed by atoms with Gasteiger partial charge in [0.25, 0.3) is 0 Å². The number of anilines is 1. The van der Waals surface area contributed by atoms with Gasteiger partial charge in [-0.25, -0.2) is 4.79 Å². The number of benzene rings is 1. The Morgan fingerprint density at radius 1 is 1.32 bits per heavy atom. The third-order valence-electron chi connectivity index (χ3n) is 2.91. The normalized spacial score (nSPS) is 11.9. The topological polar surface area (TPSA) is 83.6 Å². The second-order valence-corrected chi connectivity index (χ2v) is 4.30. The van der Waals surface area contributed by atoms with E-state index in [0.717, 1.165) is 12.8 Å². The van der Waals surface area contributed by atoms with Gasteiger partial charge in [0.15, 0.2) is 0 Å². The molecule has 1 atom stereocenters. The first-order chi connectivity index (χ1) is 9.11. The smallest absolute Gasteiger partial charge is 0.326 e. The summed E-state index contributed by atoms with van der Waals surface area (Å²) in [5, 5.41) is 9.34. The molecule has 0 saturated carbocycles. The first kappa shape index (κ1) is 15.2. The summed E-state index contributed by atoms with van der Waals surface area (Å²) in [4.78, 5) is 24.7. The lowest BCUT2D eigenvalue weighted by Gasteiger charge is -2.28. The first-order valence-electron chi connectivity index (χ1n) is 6.41. The lowest BCUT2D eigenvalue weighted by molar-refractivity contribution is -0.140. The lowest BCUT2D eigenvalue weighted by Crippen LogP contribution is -2.47. The fourth-order valence-corrected chi connectivity index (χ4v) is 1.95. The van der Waals surface area contributed by atoms with Crippen LogP contribution in [0.25, 0.3) is 0 Å². The van der Waals surface area contributed by atoms with Gasteiger partial charge in [0, 0.05) is 5.69 Å². The van der Waals surface area contributed by atoms with Gasteiger partial charge in [-0.15, -0.1) is 0 Å². The molecule has 5 heteroatoms. The Bertz CT molecular complexity index is 420. The molecule has 1 rings (SSSR count). The lowest BCUT2D eigenvalue weighted by atomic mass is 10.1. The van der Waals surface area contributed by atoms with Crippen molar-refractivity contribution in [2.45, 2.75) is 32.2 Å². The predicted molar refractivity (Wildman–Crippen MR) is 73.9 cm³/mol. The highest BCUT2D eigenvalue weighted by Gasteiger charge is 2.29. The van der Waals surface area contributed by atoms with Gasteiger partial charge in [-0.1, -0.05) is 38.0 Å². The van der Waals surface area contributed by atoms with E-state index in [1.54, 1.807) is 24.3 Å². The number of rotatable bonds is 7. The van der Waals surface area contributed by atoms with Gasteiger partial charge >= 0.3 is 5.97 Å². The second kappa shape index (κ2) is 7.53. The van der Waals surface area contributed by atoms with E-state index in [1.165, 1.54) is 4.90 Å². The number of unbranched alkanes of at least 4 members (excludes halogenated alkanes) is 1. The zero-order chi connectivity index (χ0) is 14.3. The van der Waals surface area contributed by atoms with Crippen LogP contribution in [-0.4, -0.2) is 29.6 Å². The van der Waals surface area contributed by atoms with Crippen molar-refractivity contribution in [2.75, 3.05) is 11.4 Å². The van der Waals surface area contributed by atoms with Crippen LogP contribution in [0.15, 0.2) is 30.3 Å². The van der Waals surface area contributed by atoms with Gasteiger partial charge in [0.2, 0.25) is 5.91 Å². The van der Waals surface area contributed by atoms with Gasteiger partial charge < -0.3 is 10.8 Å². The molecule has 0 radical (unpaired) electrons. The molecule has 0 saturated heterocycles. The molecule has 1 aromatic rings. The molecule has 3 N–H and O–H groups in total. The molecule has 0 spiro atoms. The van der Waals surface area contributed by atoms with Crippen LogP contribution in [0.4, 0.5) is 5.69 Å². The fraction of sp³-hybridized carbons (Fsp3) is 0.429. The van der Waals surface area contributed by atoms with E-state index in [0.29, 0.717) is 12.1 Å². The molecule has 0 heterocycles. The van der Waals surface area contributed by atoms with Gasteiger partial charge in [0.1, 0.15) is 6.04 Å². The summed E-state index contributed by atoms with van der Waals surface area (Å²) in [5.74, 6) is -1.38. The summed E-state index contributed by atoms with van der Waals surface area (Å²) < 4.78 is 0. The van der Waals surface area contributed by atoms with Crippen molar-refractivity contribution in [1.82, 2.24) is 0 Å². The predicted octanol–water partition coefficient (Wildman–Crippen LogP) is 1.62. The third-order valence-corrected chi connectivity index (χ3v) is 2.91. The number of carbonyl (C=O) groups excluding carboxylic acids is 1. The first-order valence-corrected chi connectivity index (χ1v) is 6.41. The van der Waals surface area contributed by atoms with Crippen LogP contribution in [-0.2, 0) is 9.59 Å². The summed E-state index contributed by atoms with van der Waals surface area (Å²) in [6.45, 7) is 1.78. The highest BCUT2D eigenvalue weighted by atomic mass is 16.4. The van der Waals surface area contributed by atoms with E-state index in [4.69, 9.17) is 5.73 Å². The fourth-order valence-electron chi connectivity index (χ4n) is 1.95. The molecule has 1 amide bonds. The summed E-state index contributed by atoms with van der Waals surface area (Å²) >= 11 is 0. The van der Waals surface area contributed by atoms with Crippen molar-refractivity contribution in [2.24, 2.45) is 5.73 Å². The van der Waals surface area contributed by atoms with Crippen molar-refractivity contribution >= 4 is 17.6 Å². The molecule has 19 heavy (non-hydrogen) atoms. The van der Waals surface area contributed by atoms with Crippen molar-refractivity contribution < 1.29 is 14.7 Å². The number of nitrogens with zero attached hydrogens (tertiary/aromatic N) is 1. The molecule has 104 valence electrons. The number of carboxylic acid groups (broad SMARTS) is 1. The average molecular weight is 264 g/mol. The van der Waals surface area contributed by atoms with Crippen molar-refractivity contribution in [3.63, 3.8) is 0 Å². The molecule has 1 aromatic carbocycles. The van der Waals surface area contributed by atoms with Gasteiger partial charge in [-0.2, -0.15) is 0 Å². The van der Waals surface area contributed by atoms with Crippen LogP contribution in [0.3, 0.4) is 0 Å². The Balaban J connectivity index is 3.07. The number of amides is 1. The maximum atomic E-state index is 12.0. The Kier molecular flexibility index (Phi) is 6.02. The van der Waals surface area contributed by atoms with Crippen LogP contribution in [0.1, 0.15) is 26.2 Å². The largest absolute Gasteiger partial charge is 0.480 e. The monoisotopic (exact) mass is 264 g/mol. The number of hydrogen-bond acceptors (Lipinski definition) is 3. The molecule has 0 aliphatic carbocycles. The summed E-state index contributed by atoms with van der Waals surface area (Å²) in [5.41, 5.74) is 5.96. The number of para-hydroxylation sites is 1. The summed E-state index contributed by atoms with van der Waals surface area (Å²) in [6, 6.07) is 7.93. The van der Waals surface area contributed by atoms with Crippen molar-refractivity contribution in [3.05, 3.63) is 30.3 Å². The number of hydrogen-bond donors (Lipinski definition) is 2. The number of aliphatic carboxylic acids is 1. The van der Waals surface area contributed by atoms with Gasteiger partial charge in [-0.3, -0.25) is 9.69 Å². The molecule has 0 aliphatic rings. The number of carbonyl (C=O) groups is 2. The molecule has 5 nitrogen and oxygen atoms in total. The molecule has 0 unspecified atom stereocenters. The Hall–Kier alpha value is -1.88. The quantitative estimate of drug-likeness (QED) is 0.784. The molecule has 0 bridgehead atoms. The van der Waals surface area contributed by atoms with E-state index in [9.17, 15) is 14.7 Å². The standard InChI is InChI=1S/C14H20N2O3/c1-2-3-9-12(14(18)19)16(13(17)10-15)11-7-5-4-6-8-11/h4-8,12H,2-3,9-10,15H2,1H3,(H,18,19)/t12-/m0/s1. The second-order valence-electron chi connectivity index (χ2n) is 4.30. The Morgan fingerprint density at radius 3 is 2.42 bits per heavy atom. The SMILES string of the molecule is CCCC[C@@H](C(=O)O)N(C(=O)CN)c1ccccc1. The molecular formula is C14H20N2O3. The van der Waals surface area contributed by atoms with Crippen LogP contribution in [0, 0.1) is 0 Å². The molecular weight excluding hydrogens is 244 g/mol. The summed E-state index contributed by atoms with van der Waals surface area (Å²) in [7, 11) is 0. The van der Waals surface area contributed by atoms with E-state index in [2.05, 4.69) is 0 Å². The van der Waals surface area contributed by atoms with Crippen molar-refractivity contribution in [3.8, 4) is 0 Å². The van der Waals surface area contributed by atoms with Crippen molar-refractivity contribution in [1.29, 1.82) is 0 Å². The highest BCUT2D eigenvalue weighted by molar-refractivity contribution is 6.00. The van der Waals surface area contributed by atoms with Crippen LogP contribution < -0.4 is 10.6 Å². The maximum Gasteiger partial charge on any atom is 0.326 e. The molecule has 0 fully saturated rings. The van der Waals surface area contributed by atoms with E-state index in [1.807, 2.05) is 13.0 Å². The van der Waals surface area contributed by atoms with Crippen LogP contribution in [0.5, 0.6) is 0 Å². The number of carboxylic acids is 1. The minimum atomic E-state index is -1.00. The Labute approximate surface area is 113 Å². The zero-order valence-electron chi connectivity index (χ0n) is 11.1. The maximum absolute atomic E-state index is 12.0. The van der Waals surface area contributed by atoms with Gasteiger partial charge in [0.05, 0.1) is 6.54 Å². The average Bonchev–Trinajstić information content (AvgIpc) is 2.43.